The molecule has 0 unspecified atom stereocenters. The van der Waals surface area contributed by atoms with Crippen molar-refractivity contribution in [2.75, 3.05) is 19.5 Å². The predicted molar refractivity (Wildman–Crippen MR) is 94.4 cm³/mol. The Balaban J connectivity index is 2.37. The molecule has 7 nitrogen and oxygen atoms in total. The first-order valence-corrected chi connectivity index (χ1v) is 7.81. The Labute approximate surface area is 146 Å². The lowest BCUT2D eigenvalue weighted by Crippen LogP contribution is -2.20. The fourth-order valence-electron chi connectivity index (χ4n) is 2.41. The standard InChI is InChI=1S/C18H21N3O4/c1-5-11-7-12(25-4)9-20-16(11)21-18(24)13-8-14(17(23)19-3)15(22)6-10(13)2/h6-9,22H,5H2,1-4H3,(H,19,23)(H,20,21,24). The summed E-state index contributed by atoms with van der Waals surface area (Å²) in [5.41, 5.74) is 1.71. The second-order valence-electron chi connectivity index (χ2n) is 5.45. The van der Waals surface area contributed by atoms with Gasteiger partial charge in [0, 0.05) is 12.6 Å². The van der Waals surface area contributed by atoms with Crippen molar-refractivity contribution in [3.63, 3.8) is 0 Å². The minimum Gasteiger partial charge on any atom is -0.507 e. The van der Waals surface area contributed by atoms with Gasteiger partial charge >= 0.3 is 0 Å². The fraction of sp³-hybridized carbons (Fsp3) is 0.278. The SMILES string of the molecule is CCc1cc(OC)cnc1NC(=O)c1cc(C(=O)NC)c(O)cc1C. The molecule has 3 N–H and O–H groups in total. The van der Waals surface area contributed by atoms with Gasteiger partial charge < -0.3 is 20.5 Å². The van der Waals surface area contributed by atoms with Crippen molar-refractivity contribution < 1.29 is 19.4 Å². The second kappa shape index (κ2) is 7.65. The van der Waals surface area contributed by atoms with Crippen molar-refractivity contribution in [1.82, 2.24) is 10.3 Å². The Bertz CT molecular complexity index is 818. The van der Waals surface area contributed by atoms with Crippen LogP contribution in [0.3, 0.4) is 0 Å². The minimum absolute atomic E-state index is 0.0386. The molecular weight excluding hydrogens is 322 g/mol. The quantitative estimate of drug-likeness (QED) is 0.773. The summed E-state index contributed by atoms with van der Waals surface area (Å²) in [4.78, 5) is 28.7. The molecule has 0 aliphatic carbocycles. The third kappa shape index (κ3) is 3.88. The number of amides is 2. The van der Waals surface area contributed by atoms with Crippen molar-refractivity contribution in [3.05, 3.63) is 46.6 Å². The van der Waals surface area contributed by atoms with Crippen LogP contribution in [0.2, 0.25) is 0 Å². The van der Waals surface area contributed by atoms with Crippen LogP contribution in [0.25, 0.3) is 0 Å². The third-order valence-corrected chi connectivity index (χ3v) is 3.85. The maximum Gasteiger partial charge on any atom is 0.257 e. The second-order valence-corrected chi connectivity index (χ2v) is 5.45. The summed E-state index contributed by atoms with van der Waals surface area (Å²) in [6.07, 6.45) is 2.19. The molecule has 7 heteroatoms. The molecule has 1 aromatic carbocycles. The molecule has 0 radical (unpaired) electrons. The van der Waals surface area contributed by atoms with Gasteiger partial charge in [-0.1, -0.05) is 6.92 Å². The number of aromatic hydroxyl groups is 1. The molecule has 0 bridgehead atoms. The molecule has 25 heavy (non-hydrogen) atoms. The van der Waals surface area contributed by atoms with E-state index in [1.165, 1.54) is 25.4 Å². The maximum atomic E-state index is 12.6. The van der Waals surface area contributed by atoms with E-state index >= 15 is 0 Å². The number of rotatable bonds is 5. The van der Waals surface area contributed by atoms with Crippen LogP contribution in [-0.4, -0.2) is 36.1 Å². The van der Waals surface area contributed by atoms with Crippen molar-refractivity contribution in [2.45, 2.75) is 20.3 Å². The van der Waals surface area contributed by atoms with Crippen molar-refractivity contribution in [3.8, 4) is 11.5 Å². The summed E-state index contributed by atoms with van der Waals surface area (Å²) in [6, 6.07) is 4.57. The van der Waals surface area contributed by atoms with E-state index < -0.39 is 11.8 Å². The summed E-state index contributed by atoms with van der Waals surface area (Å²) in [6.45, 7) is 3.63. The van der Waals surface area contributed by atoms with Gasteiger partial charge in [0.25, 0.3) is 11.8 Å². The van der Waals surface area contributed by atoms with E-state index in [0.717, 1.165) is 5.56 Å². The molecular formula is C18H21N3O4. The lowest BCUT2D eigenvalue weighted by Gasteiger charge is -2.13. The number of ether oxygens (including phenoxy) is 1. The molecule has 0 saturated heterocycles. The van der Waals surface area contributed by atoms with E-state index in [-0.39, 0.29) is 16.9 Å². The third-order valence-electron chi connectivity index (χ3n) is 3.85. The molecule has 0 atom stereocenters. The van der Waals surface area contributed by atoms with Crippen LogP contribution in [0.4, 0.5) is 5.82 Å². The van der Waals surface area contributed by atoms with Gasteiger partial charge in [0.15, 0.2) is 0 Å². The first kappa shape index (κ1) is 18.3. The number of nitrogens with one attached hydrogen (secondary N) is 2. The summed E-state index contributed by atoms with van der Waals surface area (Å²) in [5.74, 6) is -0.0107. The van der Waals surface area contributed by atoms with E-state index in [9.17, 15) is 14.7 Å². The molecule has 0 saturated carbocycles. The maximum absolute atomic E-state index is 12.6. The van der Waals surface area contributed by atoms with Crippen molar-refractivity contribution in [1.29, 1.82) is 0 Å². The Kier molecular flexibility index (Phi) is 5.59. The van der Waals surface area contributed by atoms with Gasteiger partial charge in [-0.3, -0.25) is 9.59 Å². The van der Waals surface area contributed by atoms with Crippen LogP contribution in [0.15, 0.2) is 24.4 Å². The van der Waals surface area contributed by atoms with Crippen LogP contribution < -0.4 is 15.4 Å². The largest absolute Gasteiger partial charge is 0.507 e. The number of carbonyl (C=O) groups is 2. The van der Waals surface area contributed by atoms with Crippen LogP contribution >= 0.6 is 0 Å². The Morgan fingerprint density at radius 1 is 1.20 bits per heavy atom. The highest BCUT2D eigenvalue weighted by molar-refractivity contribution is 6.07. The zero-order chi connectivity index (χ0) is 18.6. The average molecular weight is 343 g/mol. The van der Waals surface area contributed by atoms with E-state index in [1.54, 1.807) is 14.0 Å². The van der Waals surface area contributed by atoms with Crippen molar-refractivity contribution in [2.24, 2.45) is 0 Å². The monoisotopic (exact) mass is 343 g/mol. The number of hydrogen-bond donors (Lipinski definition) is 3. The van der Waals surface area contributed by atoms with E-state index in [0.29, 0.717) is 23.6 Å². The topological polar surface area (TPSA) is 101 Å². The van der Waals surface area contributed by atoms with Gasteiger partial charge in [0.1, 0.15) is 17.3 Å². The number of benzene rings is 1. The van der Waals surface area contributed by atoms with Crippen LogP contribution in [0.1, 0.15) is 38.8 Å². The molecule has 1 heterocycles. The van der Waals surface area contributed by atoms with E-state index in [2.05, 4.69) is 15.6 Å². The van der Waals surface area contributed by atoms with Gasteiger partial charge in [-0.05, 0) is 42.7 Å². The molecule has 2 amide bonds. The Morgan fingerprint density at radius 2 is 1.92 bits per heavy atom. The fourth-order valence-corrected chi connectivity index (χ4v) is 2.41. The number of phenols is 1. The predicted octanol–water partition coefficient (Wildman–Crippen LogP) is 2.28. The van der Waals surface area contributed by atoms with E-state index in [4.69, 9.17) is 4.74 Å². The molecule has 2 rings (SSSR count). The number of aryl methyl sites for hydroxylation is 2. The number of aromatic nitrogens is 1. The summed E-state index contributed by atoms with van der Waals surface area (Å²) >= 11 is 0. The molecule has 2 aromatic rings. The normalized spacial score (nSPS) is 10.2. The molecule has 0 aliphatic heterocycles. The number of phenolic OH excluding ortho intramolecular Hbond substituents is 1. The number of carbonyl (C=O) groups excluding carboxylic acids is 2. The number of pyridine rings is 1. The number of hydrogen-bond acceptors (Lipinski definition) is 5. The van der Waals surface area contributed by atoms with Crippen molar-refractivity contribution >= 4 is 17.6 Å². The van der Waals surface area contributed by atoms with Gasteiger partial charge in [-0.25, -0.2) is 4.98 Å². The molecule has 1 aromatic heterocycles. The highest BCUT2D eigenvalue weighted by Crippen LogP contribution is 2.24. The highest BCUT2D eigenvalue weighted by atomic mass is 16.5. The average Bonchev–Trinajstić information content (AvgIpc) is 2.61. The smallest absolute Gasteiger partial charge is 0.257 e. The summed E-state index contributed by atoms with van der Waals surface area (Å²) in [5, 5.41) is 15.1. The molecule has 0 aliphatic rings. The van der Waals surface area contributed by atoms with Gasteiger partial charge in [0.05, 0.1) is 18.9 Å². The zero-order valence-electron chi connectivity index (χ0n) is 14.6. The van der Waals surface area contributed by atoms with Crippen LogP contribution in [0, 0.1) is 6.92 Å². The molecule has 132 valence electrons. The summed E-state index contributed by atoms with van der Waals surface area (Å²) < 4.78 is 5.14. The first-order valence-electron chi connectivity index (χ1n) is 7.81. The van der Waals surface area contributed by atoms with Crippen LogP contribution in [0.5, 0.6) is 11.5 Å². The number of anilines is 1. The lowest BCUT2D eigenvalue weighted by atomic mass is 10.0. The highest BCUT2D eigenvalue weighted by Gasteiger charge is 2.18. The molecule has 0 spiro atoms. The first-order chi connectivity index (χ1) is 11.9. The number of nitrogens with zero attached hydrogens (tertiary/aromatic N) is 1. The molecule has 0 fully saturated rings. The van der Waals surface area contributed by atoms with E-state index in [1.807, 2.05) is 13.0 Å². The van der Waals surface area contributed by atoms with Gasteiger partial charge in [-0.2, -0.15) is 0 Å². The van der Waals surface area contributed by atoms with Crippen LogP contribution in [-0.2, 0) is 6.42 Å². The Hall–Kier alpha value is -3.09. The van der Waals surface area contributed by atoms with Gasteiger partial charge in [0.2, 0.25) is 0 Å². The summed E-state index contributed by atoms with van der Waals surface area (Å²) in [7, 11) is 3.00. The Morgan fingerprint density at radius 3 is 2.52 bits per heavy atom. The zero-order valence-corrected chi connectivity index (χ0v) is 14.6. The lowest BCUT2D eigenvalue weighted by molar-refractivity contribution is 0.0960. The van der Waals surface area contributed by atoms with Gasteiger partial charge in [-0.15, -0.1) is 0 Å². The number of methoxy groups -OCH3 is 1. The minimum atomic E-state index is -0.469.